The summed E-state index contributed by atoms with van der Waals surface area (Å²) in [4.78, 5) is 0. The fourth-order valence-corrected chi connectivity index (χ4v) is 1.93. The second kappa shape index (κ2) is 5.99. The maximum atomic E-state index is 8.80. The van der Waals surface area contributed by atoms with Crippen LogP contribution in [0.3, 0.4) is 0 Å². The first kappa shape index (κ1) is 13.1. The van der Waals surface area contributed by atoms with E-state index in [0.717, 1.165) is 0 Å². The number of nitrogens with two attached hydrogens (primary N) is 1. The van der Waals surface area contributed by atoms with Gasteiger partial charge in [0.1, 0.15) is 6.61 Å². The van der Waals surface area contributed by atoms with Gasteiger partial charge in [-0.2, -0.15) is 5.26 Å². The molecule has 0 spiro atoms. The third-order valence-corrected chi connectivity index (χ3v) is 3.06. The standard InChI is InChI=1S/C11H11N5O2S/c1-17-9-4-7(5-12)2-3-8(9)18-6-10-15-16-11(14-13)19-10/h2-4H,6,13H2,1H3,(H,14,16). The molecule has 0 saturated heterocycles. The number of nitrogens with one attached hydrogen (secondary N) is 1. The van der Waals surface area contributed by atoms with Crippen molar-refractivity contribution in [1.29, 1.82) is 5.26 Å². The van der Waals surface area contributed by atoms with Gasteiger partial charge in [0.05, 0.1) is 18.7 Å². The van der Waals surface area contributed by atoms with Gasteiger partial charge in [-0.05, 0) is 12.1 Å². The molecule has 2 rings (SSSR count). The summed E-state index contributed by atoms with van der Waals surface area (Å²) in [5, 5.41) is 17.7. The summed E-state index contributed by atoms with van der Waals surface area (Å²) in [6.07, 6.45) is 0. The molecule has 0 atom stereocenters. The third-order valence-electron chi connectivity index (χ3n) is 2.23. The zero-order valence-electron chi connectivity index (χ0n) is 10.1. The van der Waals surface area contributed by atoms with Gasteiger partial charge in [0, 0.05) is 6.07 Å². The SMILES string of the molecule is COc1cc(C#N)ccc1OCc1nnc(NN)s1. The van der Waals surface area contributed by atoms with Crippen LogP contribution < -0.4 is 20.7 Å². The molecule has 3 N–H and O–H groups in total. The van der Waals surface area contributed by atoms with Crippen LogP contribution in [0, 0.1) is 11.3 Å². The Labute approximate surface area is 113 Å². The van der Waals surface area contributed by atoms with Crippen LogP contribution in [0.2, 0.25) is 0 Å². The Hall–Kier alpha value is -2.37. The van der Waals surface area contributed by atoms with Gasteiger partial charge in [0.15, 0.2) is 16.5 Å². The van der Waals surface area contributed by atoms with Crippen molar-refractivity contribution in [2.45, 2.75) is 6.61 Å². The van der Waals surface area contributed by atoms with Crippen molar-refractivity contribution in [3.05, 3.63) is 28.8 Å². The van der Waals surface area contributed by atoms with Gasteiger partial charge in [0.25, 0.3) is 0 Å². The molecule has 0 radical (unpaired) electrons. The Morgan fingerprint density at radius 1 is 1.42 bits per heavy atom. The molecule has 0 aliphatic rings. The van der Waals surface area contributed by atoms with E-state index in [0.29, 0.717) is 27.2 Å². The molecule has 0 saturated carbocycles. The molecule has 1 aromatic heterocycles. The van der Waals surface area contributed by atoms with Gasteiger partial charge in [-0.15, -0.1) is 10.2 Å². The zero-order chi connectivity index (χ0) is 13.7. The minimum atomic E-state index is 0.252. The zero-order valence-corrected chi connectivity index (χ0v) is 10.9. The summed E-state index contributed by atoms with van der Waals surface area (Å²) in [5.74, 6) is 6.26. The Kier molecular flexibility index (Phi) is 4.12. The smallest absolute Gasteiger partial charge is 0.219 e. The number of rotatable bonds is 5. The number of hydrogen-bond donors (Lipinski definition) is 2. The van der Waals surface area contributed by atoms with Gasteiger partial charge in [-0.3, -0.25) is 5.43 Å². The maximum Gasteiger partial charge on any atom is 0.219 e. The van der Waals surface area contributed by atoms with Crippen LogP contribution in [0.4, 0.5) is 5.13 Å². The summed E-state index contributed by atoms with van der Waals surface area (Å²) in [6, 6.07) is 6.99. The minimum absolute atomic E-state index is 0.252. The van der Waals surface area contributed by atoms with Crippen molar-refractivity contribution in [3.63, 3.8) is 0 Å². The number of aromatic nitrogens is 2. The summed E-state index contributed by atoms with van der Waals surface area (Å²) in [6.45, 7) is 0.252. The van der Waals surface area contributed by atoms with Crippen LogP contribution in [0.25, 0.3) is 0 Å². The monoisotopic (exact) mass is 277 g/mol. The molecule has 19 heavy (non-hydrogen) atoms. The Morgan fingerprint density at radius 3 is 2.89 bits per heavy atom. The number of methoxy groups -OCH3 is 1. The Morgan fingerprint density at radius 2 is 2.26 bits per heavy atom. The van der Waals surface area contributed by atoms with Crippen LogP contribution in [0.15, 0.2) is 18.2 Å². The van der Waals surface area contributed by atoms with Crippen LogP contribution in [0.1, 0.15) is 10.6 Å². The van der Waals surface area contributed by atoms with Crippen molar-refractivity contribution < 1.29 is 9.47 Å². The molecule has 0 amide bonds. The van der Waals surface area contributed by atoms with E-state index in [2.05, 4.69) is 15.6 Å². The number of benzene rings is 1. The van der Waals surface area contributed by atoms with Crippen LogP contribution in [-0.2, 0) is 6.61 Å². The number of hydrogen-bond acceptors (Lipinski definition) is 8. The van der Waals surface area contributed by atoms with E-state index >= 15 is 0 Å². The Bertz CT molecular complexity index is 607. The maximum absolute atomic E-state index is 8.80. The molecular formula is C11H11N5O2S. The molecule has 1 aromatic carbocycles. The summed E-state index contributed by atoms with van der Waals surface area (Å²) in [7, 11) is 1.52. The molecule has 1 heterocycles. The minimum Gasteiger partial charge on any atom is -0.493 e. The van der Waals surface area contributed by atoms with Crippen molar-refractivity contribution in [1.82, 2.24) is 10.2 Å². The number of nitriles is 1. The fourth-order valence-electron chi connectivity index (χ4n) is 1.37. The second-order valence-corrected chi connectivity index (χ2v) is 4.47. The van der Waals surface area contributed by atoms with E-state index < -0.39 is 0 Å². The van der Waals surface area contributed by atoms with Gasteiger partial charge in [-0.1, -0.05) is 11.3 Å². The number of hydrazine groups is 1. The highest BCUT2D eigenvalue weighted by Crippen LogP contribution is 2.29. The van der Waals surface area contributed by atoms with Crippen molar-refractivity contribution >= 4 is 16.5 Å². The fraction of sp³-hybridized carbons (Fsp3) is 0.182. The summed E-state index contributed by atoms with van der Waals surface area (Å²) >= 11 is 1.30. The molecule has 0 aliphatic heterocycles. The second-order valence-electron chi connectivity index (χ2n) is 3.41. The lowest BCUT2D eigenvalue weighted by atomic mass is 10.2. The predicted molar refractivity (Wildman–Crippen MR) is 69.8 cm³/mol. The van der Waals surface area contributed by atoms with Crippen LogP contribution in [-0.4, -0.2) is 17.3 Å². The largest absolute Gasteiger partial charge is 0.493 e. The molecule has 0 aliphatic carbocycles. The predicted octanol–water partition coefficient (Wildman–Crippen LogP) is 1.28. The first-order valence-electron chi connectivity index (χ1n) is 5.26. The van der Waals surface area contributed by atoms with Crippen molar-refractivity contribution in [2.75, 3.05) is 12.5 Å². The highest BCUT2D eigenvalue weighted by Gasteiger charge is 2.08. The van der Waals surface area contributed by atoms with E-state index in [1.807, 2.05) is 6.07 Å². The first-order chi connectivity index (χ1) is 9.26. The van der Waals surface area contributed by atoms with Gasteiger partial charge < -0.3 is 9.47 Å². The van der Waals surface area contributed by atoms with Gasteiger partial charge >= 0.3 is 0 Å². The number of nitrogens with zero attached hydrogens (tertiary/aromatic N) is 3. The quantitative estimate of drug-likeness (QED) is 0.626. The molecule has 0 fully saturated rings. The summed E-state index contributed by atoms with van der Waals surface area (Å²) in [5.41, 5.74) is 2.92. The average Bonchev–Trinajstić information content (AvgIpc) is 2.92. The molecule has 0 unspecified atom stereocenters. The molecule has 8 heteroatoms. The molecular weight excluding hydrogens is 266 g/mol. The number of anilines is 1. The Balaban J connectivity index is 2.08. The van der Waals surface area contributed by atoms with Crippen molar-refractivity contribution in [3.8, 4) is 17.6 Å². The highest BCUT2D eigenvalue weighted by atomic mass is 32.1. The lowest BCUT2D eigenvalue weighted by Gasteiger charge is -2.09. The van der Waals surface area contributed by atoms with E-state index in [9.17, 15) is 0 Å². The molecule has 98 valence electrons. The average molecular weight is 277 g/mol. The third kappa shape index (κ3) is 3.09. The topological polar surface area (TPSA) is 106 Å². The lowest BCUT2D eigenvalue weighted by Crippen LogP contribution is -2.05. The molecule has 0 bridgehead atoms. The lowest BCUT2D eigenvalue weighted by molar-refractivity contribution is 0.283. The van der Waals surface area contributed by atoms with E-state index in [-0.39, 0.29) is 6.61 Å². The molecule has 2 aromatic rings. The number of nitrogen functional groups attached to an aromatic ring is 1. The molecule has 7 nitrogen and oxygen atoms in total. The summed E-state index contributed by atoms with van der Waals surface area (Å²) < 4.78 is 10.7. The highest BCUT2D eigenvalue weighted by molar-refractivity contribution is 7.15. The van der Waals surface area contributed by atoms with Crippen molar-refractivity contribution in [2.24, 2.45) is 5.84 Å². The first-order valence-corrected chi connectivity index (χ1v) is 6.08. The van der Waals surface area contributed by atoms with Gasteiger partial charge in [0.2, 0.25) is 5.13 Å². The van der Waals surface area contributed by atoms with Crippen LogP contribution in [0.5, 0.6) is 11.5 Å². The number of ether oxygens (including phenoxy) is 2. The van der Waals surface area contributed by atoms with E-state index in [1.54, 1.807) is 18.2 Å². The van der Waals surface area contributed by atoms with E-state index in [1.165, 1.54) is 18.4 Å². The van der Waals surface area contributed by atoms with E-state index in [4.69, 9.17) is 20.6 Å². The van der Waals surface area contributed by atoms with Crippen LogP contribution >= 0.6 is 11.3 Å². The van der Waals surface area contributed by atoms with Gasteiger partial charge in [-0.25, -0.2) is 5.84 Å². The normalized spacial score (nSPS) is 9.74.